The molecule has 0 saturated heterocycles. The van der Waals surface area contributed by atoms with E-state index in [9.17, 15) is 0 Å². The molecule has 0 saturated carbocycles. The van der Waals surface area contributed by atoms with Crippen molar-refractivity contribution in [3.8, 4) is 5.69 Å². The topological polar surface area (TPSA) is 39.1 Å². The lowest BCUT2D eigenvalue weighted by atomic mass is 10.2. The summed E-state index contributed by atoms with van der Waals surface area (Å²) in [5.41, 5.74) is 4.67. The molecular formula is C14H17N3O. The van der Waals surface area contributed by atoms with Crippen LogP contribution in [0.5, 0.6) is 0 Å². The van der Waals surface area contributed by atoms with Crippen LogP contribution in [-0.2, 0) is 17.8 Å². The average molecular weight is 243 g/mol. The first-order chi connectivity index (χ1) is 8.79. The Hall–Kier alpha value is -1.81. The molecule has 4 heteroatoms. The zero-order valence-corrected chi connectivity index (χ0v) is 10.7. The number of aromatic nitrogens is 2. The first-order valence-corrected chi connectivity index (χ1v) is 6.20. The molecule has 1 aromatic heterocycles. The fourth-order valence-electron chi connectivity index (χ4n) is 2.44. The maximum Gasteiger partial charge on any atom is 0.133 e. The zero-order chi connectivity index (χ0) is 12.5. The number of nitrogens with one attached hydrogen (secondary N) is 1. The van der Waals surface area contributed by atoms with Crippen molar-refractivity contribution in [2.24, 2.45) is 0 Å². The van der Waals surface area contributed by atoms with Gasteiger partial charge in [0.15, 0.2) is 0 Å². The van der Waals surface area contributed by atoms with Gasteiger partial charge in [0, 0.05) is 19.2 Å². The van der Waals surface area contributed by atoms with E-state index in [0.29, 0.717) is 6.61 Å². The van der Waals surface area contributed by atoms with Crippen molar-refractivity contribution in [1.82, 2.24) is 9.78 Å². The van der Waals surface area contributed by atoms with Crippen LogP contribution >= 0.6 is 0 Å². The number of fused-ring (bicyclic) bond motifs is 1. The maximum absolute atomic E-state index is 5.22. The van der Waals surface area contributed by atoms with Gasteiger partial charge >= 0.3 is 0 Å². The second kappa shape index (κ2) is 4.46. The van der Waals surface area contributed by atoms with Crippen LogP contribution in [0.4, 0.5) is 5.82 Å². The summed E-state index contributed by atoms with van der Waals surface area (Å²) in [6.07, 6.45) is 1.03. The highest BCUT2D eigenvalue weighted by Crippen LogP contribution is 2.29. The fourth-order valence-corrected chi connectivity index (χ4v) is 2.44. The van der Waals surface area contributed by atoms with Crippen molar-refractivity contribution in [3.63, 3.8) is 0 Å². The maximum atomic E-state index is 5.22. The normalized spacial score (nSPS) is 13.4. The van der Waals surface area contributed by atoms with Crippen molar-refractivity contribution in [3.05, 3.63) is 41.1 Å². The zero-order valence-electron chi connectivity index (χ0n) is 10.7. The van der Waals surface area contributed by atoms with Crippen molar-refractivity contribution in [2.75, 3.05) is 19.0 Å². The molecule has 4 nitrogen and oxygen atoms in total. The number of anilines is 1. The third kappa shape index (κ3) is 1.78. The van der Waals surface area contributed by atoms with Gasteiger partial charge in [-0.2, -0.15) is 5.10 Å². The Bertz CT molecular complexity index is 574. The monoisotopic (exact) mass is 243 g/mol. The molecule has 94 valence electrons. The first-order valence-electron chi connectivity index (χ1n) is 6.20. The third-order valence-electron chi connectivity index (χ3n) is 3.26. The summed E-state index contributed by atoms with van der Waals surface area (Å²) in [7, 11) is 1.71. The van der Waals surface area contributed by atoms with E-state index < -0.39 is 0 Å². The molecule has 1 N–H and O–H groups in total. The van der Waals surface area contributed by atoms with Crippen LogP contribution in [0.3, 0.4) is 0 Å². The van der Waals surface area contributed by atoms with Gasteiger partial charge in [-0.1, -0.05) is 12.1 Å². The second-order valence-corrected chi connectivity index (χ2v) is 4.63. The molecule has 0 unspecified atom stereocenters. The SMILES string of the molecule is COCc1nn(-c2cccc(C)c2)c2c1CCN2. The number of nitrogens with zero attached hydrogens (tertiary/aromatic N) is 2. The van der Waals surface area contributed by atoms with Gasteiger partial charge in [0.25, 0.3) is 0 Å². The molecule has 1 aromatic carbocycles. The van der Waals surface area contributed by atoms with Gasteiger partial charge in [0.2, 0.25) is 0 Å². The molecule has 0 amide bonds. The van der Waals surface area contributed by atoms with Crippen molar-refractivity contribution >= 4 is 5.82 Å². The largest absolute Gasteiger partial charge is 0.378 e. The van der Waals surface area contributed by atoms with E-state index in [4.69, 9.17) is 4.74 Å². The Balaban J connectivity index is 2.10. The molecule has 1 aliphatic heterocycles. The van der Waals surface area contributed by atoms with E-state index in [2.05, 4.69) is 41.6 Å². The van der Waals surface area contributed by atoms with Crippen molar-refractivity contribution in [1.29, 1.82) is 0 Å². The Morgan fingerprint density at radius 2 is 2.33 bits per heavy atom. The molecule has 0 aliphatic carbocycles. The van der Waals surface area contributed by atoms with E-state index >= 15 is 0 Å². The summed E-state index contributed by atoms with van der Waals surface area (Å²) in [5.74, 6) is 1.12. The van der Waals surface area contributed by atoms with Gasteiger partial charge in [-0.15, -0.1) is 0 Å². The van der Waals surface area contributed by atoms with E-state index in [1.807, 2.05) is 4.68 Å². The second-order valence-electron chi connectivity index (χ2n) is 4.63. The summed E-state index contributed by atoms with van der Waals surface area (Å²) in [5, 5.41) is 8.07. The highest BCUT2D eigenvalue weighted by molar-refractivity contribution is 5.57. The van der Waals surface area contributed by atoms with Crippen molar-refractivity contribution < 1.29 is 4.74 Å². The summed E-state index contributed by atoms with van der Waals surface area (Å²) in [6.45, 7) is 3.65. The summed E-state index contributed by atoms with van der Waals surface area (Å²) >= 11 is 0. The molecule has 0 bridgehead atoms. The molecule has 2 aromatic rings. The lowest BCUT2D eigenvalue weighted by Crippen LogP contribution is -2.05. The number of aryl methyl sites for hydroxylation is 1. The molecule has 0 spiro atoms. The number of hydrogen-bond acceptors (Lipinski definition) is 3. The van der Waals surface area contributed by atoms with Gasteiger partial charge in [-0.3, -0.25) is 0 Å². The predicted molar refractivity (Wildman–Crippen MR) is 71.2 cm³/mol. The van der Waals surface area contributed by atoms with E-state index in [1.165, 1.54) is 11.1 Å². The molecule has 18 heavy (non-hydrogen) atoms. The number of rotatable bonds is 3. The standard InChI is InChI=1S/C14H17N3O/c1-10-4-3-5-11(8-10)17-14-12(6-7-15-14)13(16-17)9-18-2/h3-5,8,15H,6-7,9H2,1-2H3. The number of methoxy groups -OCH3 is 1. The molecule has 0 radical (unpaired) electrons. The molecule has 0 atom stereocenters. The van der Waals surface area contributed by atoms with E-state index in [1.54, 1.807) is 7.11 Å². The van der Waals surface area contributed by atoms with Crippen LogP contribution in [0, 0.1) is 6.92 Å². The van der Waals surface area contributed by atoms with Gasteiger partial charge in [0.1, 0.15) is 5.82 Å². The summed E-state index contributed by atoms with van der Waals surface area (Å²) < 4.78 is 7.21. The van der Waals surface area contributed by atoms with Crippen LogP contribution in [0.2, 0.25) is 0 Å². The van der Waals surface area contributed by atoms with Gasteiger partial charge in [0.05, 0.1) is 18.0 Å². The number of hydrogen-bond donors (Lipinski definition) is 1. The Morgan fingerprint density at radius 1 is 1.44 bits per heavy atom. The minimum Gasteiger partial charge on any atom is -0.378 e. The minimum atomic E-state index is 0.572. The smallest absolute Gasteiger partial charge is 0.133 e. The van der Waals surface area contributed by atoms with Gasteiger partial charge in [-0.25, -0.2) is 4.68 Å². The number of ether oxygens (including phenoxy) is 1. The minimum absolute atomic E-state index is 0.572. The highest BCUT2D eigenvalue weighted by atomic mass is 16.5. The lowest BCUT2D eigenvalue weighted by molar-refractivity contribution is 0.180. The summed E-state index contributed by atoms with van der Waals surface area (Å²) in [6, 6.07) is 8.38. The molecule has 3 rings (SSSR count). The molecular weight excluding hydrogens is 226 g/mol. The third-order valence-corrected chi connectivity index (χ3v) is 3.26. The number of benzene rings is 1. The van der Waals surface area contributed by atoms with Gasteiger partial charge in [-0.05, 0) is 31.0 Å². The quantitative estimate of drug-likeness (QED) is 0.899. The first kappa shape index (κ1) is 11.3. The Morgan fingerprint density at radius 3 is 3.11 bits per heavy atom. The predicted octanol–water partition coefficient (Wildman–Crippen LogP) is 2.30. The van der Waals surface area contributed by atoms with Crippen LogP contribution in [-0.4, -0.2) is 23.4 Å². The average Bonchev–Trinajstić information content (AvgIpc) is 2.93. The fraction of sp³-hybridized carbons (Fsp3) is 0.357. The Kier molecular flexibility index (Phi) is 2.80. The lowest BCUT2D eigenvalue weighted by Gasteiger charge is -2.07. The molecule has 1 aliphatic rings. The molecule has 2 heterocycles. The van der Waals surface area contributed by atoms with Gasteiger partial charge < -0.3 is 10.1 Å². The van der Waals surface area contributed by atoms with Crippen LogP contribution < -0.4 is 5.32 Å². The van der Waals surface area contributed by atoms with Crippen LogP contribution in [0.15, 0.2) is 24.3 Å². The van der Waals surface area contributed by atoms with E-state index in [-0.39, 0.29) is 0 Å². The van der Waals surface area contributed by atoms with Crippen molar-refractivity contribution in [2.45, 2.75) is 20.0 Å². The molecule has 0 fully saturated rings. The summed E-state index contributed by atoms with van der Waals surface area (Å²) in [4.78, 5) is 0. The highest BCUT2D eigenvalue weighted by Gasteiger charge is 2.22. The Labute approximate surface area is 107 Å². The van der Waals surface area contributed by atoms with E-state index in [0.717, 1.165) is 30.2 Å². The van der Waals surface area contributed by atoms with Crippen LogP contribution in [0.1, 0.15) is 16.8 Å². The van der Waals surface area contributed by atoms with Crippen LogP contribution in [0.25, 0.3) is 5.69 Å².